The van der Waals surface area contributed by atoms with Gasteiger partial charge in [-0.25, -0.2) is 12.8 Å². The van der Waals surface area contributed by atoms with Crippen LogP contribution in [0.4, 0.5) is 15.8 Å². The number of hydrogen-bond acceptors (Lipinski definition) is 6. The minimum Gasteiger partial charge on any atom is -0.506 e. The van der Waals surface area contributed by atoms with Gasteiger partial charge in [-0.3, -0.25) is 0 Å². The number of benzene rings is 3. The second-order valence-corrected chi connectivity index (χ2v) is 12.2. The van der Waals surface area contributed by atoms with Gasteiger partial charge in [0.25, 0.3) is 0 Å². The highest BCUT2D eigenvalue weighted by molar-refractivity contribution is 7.95. The number of rotatable bonds is 4. The molecule has 0 saturated carbocycles. The molecule has 3 N–H and O–H groups in total. The van der Waals surface area contributed by atoms with Crippen LogP contribution in [0.5, 0.6) is 11.5 Å². The van der Waals surface area contributed by atoms with Crippen molar-refractivity contribution in [1.29, 1.82) is 0 Å². The summed E-state index contributed by atoms with van der Waals surface area (Å²) in [5, 5.41) is 17.0. The monoisotopic (exact) mass is 508 g/mol. The summed E-state index contributed by atoms with van der Waals surface area (Å²) in [6.45, 7) is 5.92. The first-order valence-corrected chi connectivity index (χ1v) is 13.5. The zero-order valence-electron chi connectivity index (χ0n) is 20.4. The number of allylic oxidation sites excluding steroid dienone is 1. The van der Waals surface area contributed by atoms with E-state index in [4.69, 9.17) is 4.74 Å². The summed E-state index contributed by atoms with van der Waals surface area (Å²) >= 11 is 0. The molecule has 0 amide bonds. The van der Waals surface area contributed by atoms with E-state index in [0.29, 0.717) is 29.2 Å². The van der Waals surface area contributed by atoms with Gasteiger partial charge in [-0.2, -0.15) is 0 Å². The van der Waals surface area contributed by atoms with Crippen LogP contribution in [0.3, 0.4) is 0 Å². The molecule has 5 rings (SSSR count). The van der Waals surface area contributed by atoms with Gasteiger partial charge in [0.15, 0.2) is 9.84 Å². The number of phenolic OH excluding ortho intramolecular Hbond substituents is 1. The van der Waals surface area contributed by atoms with Crippen molar-refractivity contribution in [1.82, 2.24) is 0 Å². The van der Waals surface area contributed by atoms with Gasteiger partial charge in [0.1, 0.15) is 29.6 Å². The molecule has 0 aromatic heterocycles. The molecule has 188 valence electrons. The maximum atomic E-state index is 15.6. The van der Waals surface area contributed by atoms with E-state index < -0.39 is 27.1 Å². The molecule has 8 heteroatoms. The van der Waals surface area contributed by atoms with Gasteiger partial charge in [0.2, 0.25) is 0 Å². The smallest absolute Gasteiger partial charge is 0.179 e. The Hall–Kier alpha value is -3.52. The van der Waals surface area contributed by atoms with Crippen molar-refractivity contribution >= 4 is 21.2 Å². The fourth-order valence-electron chi connectivity index (χ4n) is 5.02. The van der Waals surface area contributed by atoms with Gasteiger partial charge < -0.3 is 20.5 Å². The molecule has 6 nitrogen and oxygen atoms in total. The third-order valence-corrected chi connectivity index (χ3v) is 8.93. The molecule has 1 atom stereocenters. The first kappa shape index (κ1) is 24.2. The number of aryl methyl sites for hydroxylation is 1. The van der Waals surface area contributed by atoms with Crippen molar-refractivity contribution in [2.24, 2.45) is 5.41 Å². The predicted octanol–water partition coefficient (Wildman–Crippen LogP) is 6.05. The Bertz CT molecular complexity index is 1470. The minimum absolute atomic E-state index is 0.0125. The highest BCUT2D eigenvalue weighted by atomic mass is 32.2. The highest BCUT2D eigenvalue weighted by Crippen LogP contribution is 2.49. The van der Waals surface area contributed by atoms with E-state index >= 15 is 4.39 Å². The van der Waals surface area contributed by atoms with E-state index in [9.17, 15) is 13.5 Å². The summed E-state index contributed by atoms with van der Waals surface area (Å²) in [6, 6.07) is 16.4. The molecule has 36 heavy (non-hydrogen) atoms. The lowest BCUT2D eigenvalue weighted by Gasteiger charge is -2.34. The second kappa shape index (κ2) is 8.85. The fraction of sp³-hybridized carbons (Fsp3) is 0.286. The van der Waals surface area contributed by atoms with Gasteiger partial charge in [-0.15, -0.1) is 0 Å². The first-order valence-electron chi connectivity index (χ1n) is 11.8. The molecule has 0 fully saturated rings. The summed E-state index contributed by atoms with van der Waals surface area (Å²) in [7, 11) is -3.75. The van der Waals surface area contributed by atoms with Crippen molar-refractivity contribution in [2.45, 2.75) is 39.8 Å². The van der Waals surface area contributed by atoms with Gasteiger partial charge in [-0.1, -0.05) is 50.2 Å². The van der Waals surface area contributed by atoms with Crippen LogP contribution in [0, 0.1) is 18.2 Å². The maximum absolute atomic E-state index is 15.6. The highest BCUT2D eigenvalue weighted by Gasteiger charge is 2.44. The summed E-state index contributed by atoms with van der Waals surface area (Å²) in [4.78, 5) is 0.105. The molecular formula is C28H29FN2O4S. The molecule has 3 aromatic carbocycles. The summed E-state index contributed by atoms with van der Waals surface area (Å²) < 4.78 is 48.5. The number of halogens is 1. The lowest BCUT2D eigenvalue weighted by molar-refractivity contribution is 0.304. The molecule has 2 heterocycles. The third-order valence-electron chi connectivity index (χ3n) is 6.62. The van der Waals surface area contributed by atoms with Crippen LogP contribution in [0.2, 0.25) is 0 Å². The summed E-state index contributed by atoms with van der Waals surface area (Å²) in [6.07, 6.45) is 0.437. The van der Waals surface area contributed by atoms with Crippen LogP contribution >= 0.6 is 0 Å². The van der Waals surface area contributed by atoms with Crippen LogP contribution in [-0.4, -0.2) is 19.3 Å². The first-order chi connectivity index (χ1) is 17.0. The van der Waals surface area contributed by atoms with E-state index in [1.807, 2.05) is 51.1 Å². The van der Waals surface area contributed by atoms with E-state index in [1.165, 1.54) is 6.07 Å². The van der Waals surface area contributed by atoms with Crippen LogP contribution < -0.4 is 15.4 Å². The standard InChI is InChI=1S/C28H29FN2O4S/c1-17-9-12-23(32)26-24(17)31-25(27-22(30-26)14-28(2,3)16-36(27,33)34)20-11-10-19(13-21(20)29)35-15-18-7-5-4-6-8-18/h4-13,25,30-32H,14-16H2,1-3H3. The molecule has 0 aliphatic carbocycles. The van der Waals surface area contributed by atoms with Crippen LogP contribution in [0.25, 0.3) is 0 Å². The number of anilines is 2. The third kappa shape index (κ3) is 4.53. The summed E-state index contributed by atoms with van der Waals surface area (Å²) in [5.74, 6) is -0.296. The van der Waals surface area contributed by atoms with Crippen molar-refractivity contribution in [2.75, 3.05) is 16.4 Å². The normalized spacial score (nSPS) is 19.8. The Morgan fingerprint density at radius 3 is 2.56 bits per heavy atom. The molecule has 2 aliphatic heterocycles. The minimum atomic E-state index is -3.75. The van der Waals surface area contributed by atoms with Crippen molar-refractivity contribution in [3.8, 4) is 11.5 Å². The molecular weight excluding hydrogens is 479 g/mol. The van der Waals surface area contributed by atoms with E-state index in [2.05, 4.69) is 10.6 Å². The van der Waals surface area contributed by atoms with Gasteiger partial charge in [-0.05, 0) is 48.1 Å². The molecule has 2 aliphatic rings. The fourth-order valence-corrected chi connectivity index (χ4v) is 7.35. The zero-order chi connectivity index (χ0) is 25.7. The molecule has 0 saturated heterocycles. The Kier molecular flexibility index (Phi) is 5.95. The van der Waals surface area contributed by atoms with Crippen LogP contribution in [0.1, 0.15) is 43.0 Å². The quantitative estimate of drug-likeness (QED) is 0.372. The average molecular weight is 509 g/mol. The largest absolute Gasteiger partial charge is 0.506 e. The molecule has 0 spiro atoms. The molecule has 0 radical (unpaired) electrons. The topological polar surface area (TPSA) is 87.7 Å². The van der Waals surface area contributed by atoms with Gasteiger partial charge >= 0.3 is 0 Å². The SMILES string of the molecule is Cc1ccc(O)c2c1NC(c1ccc(OCc3ccccc3)cc1F)C1=C(CC(C)(C)CS1(=O)=O)N2. The van der Waals surface area contributed by atoms with E-state index in [0.717, 1.165) is 11.1 Å². The zero-order valence-corrected chi connectivity index (χ0v) is 21.2. The number of fused-ring (bicyclic) bond motifs is 1. The molecule has 0 bridgehead atoms. The average Bonchev–Trinajstić information content (AvgIpc) is 2.98. The van der Waals surface area contributed by atoms with Crippen molar-refractivity contribution in [3.63, 3.8) is 0 Å². The van der Waals surface area contributed by atoms with Gasteiger partial charge in [0.05, 0.1) is 22.4 Å². The summed E-state index contributed by atoms with van der Waals surface area (Å²) in [5.41, 5.74) is 2.80. The maximum Gasteiger partial charge on any atom is 0.179 e. The Labute approximate surface area is 210 Å². The number of ether oxygens (including phenoxy) is 1. The Balaban J connectivity index is 1.59. The number of aromatic hydroxyl groups is 1. The van der Waals surface area contributed by atoms with E-state index in [1.54, 1.807) is 24.3 Å². The number of hydrogen-bond donors (Lipinski definition) is 3. The second-order valence-electron chi connectivity index (χ2n) is 10.3. The lowest BCUT2D eigenvalue weighted by atomic mass is 9.88. The van der Waals surface area contributed by atoms with Crippen LogP contribution in [0.15, 0.2) is 71.3 Å². The van der Waals surface area contributed by atoms with Gasteiger partial charge in [0, 0.05) is 17.3 Å². The number of nitrogens with one attached hydrogen (secondary N) is 2. The molecule has 3 aromatic rings. The Morgan fingerprint density at radius 1 is 1.08 bits per heavy atom. The van der Waals surface area contributed by atoms with E-state index in [-0.39, 0.29) is 28.6 Å². The van der Waals surface area contributed by atoms with Crippen molar-refractivity contribution in [3.05, 3.63) is 93.8 Å². The molecule has 1 unspecified atom stereocenters. The van der Waals surface area contributed by atoms with Crippen molar-refractivity contribution < 1.29 is 22.7 Å². The Morgan fingerprint density at radius 2 is 1.83 bits per heavy atom. The number of phenols is 1. The van der Waals surface area contributed by atoms with Crippen LogP contribution in [-0.2, 0) is 16.4 Å². The predicted molar refractivity (Wildman–Crippen MR) is 139 cm³/mol. The number of sulfone groups is 1. The lowest BCUT2D eigenvalue weighted by Crippen LogP contribution is -2.35.